The standard InChI is InChI=1S/C24H45N3O/c1-14(5-4-10-28)17-6-7-18-22-19(13-21(27)24(17,18)3)23(2)9-8-16(25)11-15(23)12-20(22)26/h14-22,28H,4-13,25-27H2,1-3H3/t14-,15?,16-,17?,18+,19+,20-,21+,22?,23+,24-/m1/s1. The lowest BCUT2D eigenvalue weighted by molar-refractivity contribution is -0.132. The van der Waals surface area contributed by atoms with Crippen LogP contribution < -0.4 is 17.2 Å². The Morgan fingerprint density at radius 1 is 1.00 bits per heavy atom. The molecule has 4 rings (SSSR count). The van der Waals surface area contributed by atoms with Gasteiger partial charge < -0.3 is 22.3 Å². The van der Waals surface area contributed by atoms with Crippen LogP contribution in [0.25, 0.3) is 0 Å². The molecular formula is C24H45N3O. The van der Waals surface area contributed by atoms with Gasteiger partial charge in [-0.3, -0.25) is 0 Å². The Kier molecular flexibility index (Phi) is 5.66. The van der Waals surface area contributed by atoms with E-state index in [1.807, 2.05) is 0 Å². The summed E-state index contributed by atoms with van der Waals surface area (Å²) >= 11 is 0. The molecule has 0 amide bonds. The molecule has 7 N–H and O–H groups in total. The fourth-order valence-corrected chi connectivity index (χ4v) is 8.99. The zero-order chi connectivity index (χ0) is 20.3. The van der Waals surface area contributed by atoms with Crippen molar-refractivity contribution < 1.29 is 5.11 Å². The highest BCUT2D eigenvalue weighted by Gasteiger charge is 2.64. The maximum Gasteiger partial charge on any atom is 0.0431 e. The summed E-state index contributed by atoms with van der Waals surface area (Å²) in [6.45, 7) is 7.76. The third-order valence-corrected chi connectivity index (χ3v) is 10.6. The molecule has 0 heterocycles. The topological polar surface area (TPSA) is 98.3 Å². The van der Waals surface area contributed by atoms with Crippen LogP contribution in [0, 0.1) is 46.3 Å². The quantitative estimate of drug-likeness (QED) is 0.591. The fraction of sp³-hybridized carbons (Fsp3) is 1.00. The van der Waals surface area contributed by atoms with E-state index in [0.29, 0.717) is 59.6 Å². The highest BCUT2D eigenvalue weighted by Crippen LogP contribution is 2.67. The van der Waals surface area contributed by atoms with E-state index < -0.39 is 0 Å². The number of aliphatic hydroxyl groups is 1. The molecule has 0 aromatic carbocycles. The largest absolute Gasteiger partial charge is 0.396 e. The monoisotopic (exact) mass is 391 g/mol. The highest BCUT2D eigenvalue weighted by atomic mass is 16.2. The van der Waals surface area contributed by atoms with E-state index in [-0.39, 0.29) is 11.5 Å². The van der Waals surface area contributed by atoms with Crippen molar-refractivity contribution in [3.05, 3.63) is 0 Å². The van der Waals surface area contributed by atoms with Crippen molar-refractivity contribution >= 4 is 0 Å². The van der Waals surface area contributed by atoms with Crippen LogP contribution in [0.1, 0.15) is 78.6 Å². The van der Waals surface area contributed by atoms with Crippen molar-refractivity contribution in [3.63, 3.8) is 0 Å². The van der Waals surface area contributed by atoms with Gasteiger partial charge in [0.15, 0.2) is 0 Å². The number of nitrogens with two attached hydrogens (primary N) is 3. The summed E-state index contributed by atoms with van der Waals surface area (Å²) in [7, 11) is 0. The minimum atomic E-state index is 0.210. The van der Waals surface area contributed by atoms with Gasteiger partial charge in [-0.15, -0.1) is 0 Å². The molecular weight excluding hydrogens is 346 g/mol. The summed E-state index contributed by atoms with van der Waals surface area (Å²) in [5.74, 6) is 3.98. The van der Waals surface area contributed by atoms with E-state index in [2.05, 4.69) is 20.8 Å². The van der Waals surface area contributed by atoms with Gasteiger partial charge in [0.2, 0.25) is 0 Å². The minimum absolute atomic E-state index is 0.210. The summed E-state index contributed by atoms with van der Waals surface area (Å²) in [6, 6.07) is 0.963. The second kappa shape index (κ2) is 7.51. The normalized spacial score (nSPS) is 54.5. The minimum Gasteiger partial charge on any atom is -0.396 e. The Hall–Kier alpha value is -0.160. The maximum absolute atomic E-state index is 9.30. The Labute approximate surface area is 172 Å². The van der Waals surface area contributed by atoms with Crippen LogP contribution in [0.3, 0.4) is 0 Å². The van der Waals surface area contributed by atoms with Gasteiger partial charge in [0.05, 0.1) is 0 Å². The molecule has 0 aliphatic heterocycles. The van der Waals surface area contributed by atoms with Gasteiger partial charge in [-0.05, 0) is 104 Å². The van der Waals surface area contributed by atoms with Crippen molar-refractivity contribution in [2.45, 2.75) is 96.7 Å². The van der Waals surface area contributed by atoms with E-state index in [1.54, 1.807) is 0 Å². The first-order valence-electron chi connectivity index (χ1n) is 12.1. The van der Waals surface area contributed by atoms with Crippen LogP contribution in [0.2, 0.25) is 0 Å². The molecule has 0 saturated heterocycles. The van der Waals surface area contributed by atoms with Gasteiger partial charge >= 0.3 is 0 Å². The predicted octanol–water partition coefficient (Wildman–Crippen LogP) is 3.26. The molecule has 0 bridgehead atoms. The second-order valence-electron chi connectivity index (χ2n) is 11.7. The first-order valence-corrected chi connectivity index (χ1v) is 12.1. The van der Waals surface area contributed by atoms with Gasteiger partial charge in [-0.2, -0.15) is 0 Å². The maximum atomic E-state index is 9.30. The summed E-state index contributed by atoms with van der Waals surface area (Å²) in [4.78, 5) is 0. The molecule has 11 atom stereocenters. The second-order valence-corrected chi connectivity index (χ2v) is 11.7. The lowest BCUT2D eigenvalue weighted by Crippen LogP contribution is -2.65. The molecule has 4 aliphatic carbocycles. The molecule has 0 spiro atoms. The van der Waals surface area contributed by atoms with Crippen LogP contribution in [-0.4, -0.2) is 29.8 Å². The summed E-state index contributed by atoms with van der Waals surface area (Å²) in [5, 5.41) is 9.30. The van der Waals surface area contributed by atoms with Gasteiger partial charge in [-0.1, -0.05) is 20.8 Å². The Bertz CT molecular complexity index is 570. The van der Waals surface area contributed by atoms with E-state index in [1.165, 1.54) is 25.7 Å². The highest BCUT2D eigenvalue weighted by molar-refractivity contribution is 5.16. The summed E-state index contributed by atoms with van der Waals surface area (Å²) in [6.07, 6.45) is 10.5. The average Bonchev–Trinajstić information content (AvgIpc) is 3.01. The third kappa shape index (κ3) is 3.01. The number of aliphatic hydroxyl groups excluding tert-OH is 1. The van der Waals surface area contributed by atoms with Gasteiger partial charge in [-0.25, -0.2) is 0 Å². The number of hydrogen-bond donors (Lipinski definition) is 4. The Balaban J connectivity index is 1.62. The van der Waals surface area contributed by atoms with Gasteiger partial charge in [0, 0.05) is 24.7 Å². The SMILES string of the molecule is C[C@H](CCCO)C1CC[C@H]2C3[C@H](N)CC4C[C@H](N)CC[C@]4(C)[C@H]3C[C@H](N)[C@]12C. The van der Waals surface area contributed by atoms with Crippen molar-refractivity contribution in [1.29, 1.82) is 0 Å². The Morgan fingerprint density at radius 2 is 1.75 bits per heavy atom. The molecule has 28 heavy (non-hydrogen) atoms. The zero-order valence-electron chi connectivity index (χ0n) is 18.4. The van der Waals surface area contributed by atoms with Crippen LogP contribution in [0.5, 0.6) is 0 Å². The van der Waals surface area contributed by atoms with Gasteiger partial charge in [0.1, 0.15) is 0 Å². The zero-order valence-corrected chi connectivity index (χ0v) is 18.4. The molecule has 0 aromatic heterocycles. The van der Waals surface area contributed by atoms with E-state index in [0.717, 1.165) is 32.1 Å². The van der Waals surface area contributed by atoms with E-state index in [4.69, 9.17) is 17.2 Å². The Morgan fingerprint density at radius 3 is 2.46 bits per heavy atom. The number of hydrogen-bond acceptors (Lipinski definition) is 4. The van der Waals surface area contributed by atoms with E-state index in [9.17, 15) is 5.11 Å². The van der Waals surface area contributed by atoms with Crippen molar-refractivity contribution in [2.75, 3.05) is 6.61 Å². The third-order valence-electron chi connectivity index (χ3n) is 10.6. The molecule has 4 heteroatoms. The predicted molar refractivity (Wildman–Crippen MR) is 115 cm³/mol. The molecule has 0 radical (unpaired) electrons. The first kappa shape index (κ1) is 21.1. The van der Waals surface area contributed by atoms with Crippen LogP contribution in [0.4, 0.5) is 0 Å². The molecule has 162 valence electrons. The lowest BCUT2D eigenvalue weighted by Gasteiger charge is -2.64. The van der Waals surface area contributed by atoms with Crippen LogP contribution in [0.15, 0.2) is 0 Å². The number of rotatable bonds is 4. The van der Waals surface area contributed by atoms with Gasteiger partial charge in [0.25, 0.3) is 0 Å². The summed E-state index contributed by atoms with van der Waals surface area (Å²) < 4.78 is 0. The first-order chi connectivity index (χ1) is 13.2. The van der Waals surface area contributed by atoms with Crippen molar-refractivity contribution in [3.8, 4) is 0 Å². The molecule has 0 aromatic rings. The lowest BCUT2D eigenvalue weighted by atomic mass is 9.42. The fourth-order valence-electron chi connectivity index (χ4n) is 8.99. The number of fused-ring (bicyclic) bond motifs is 5. The molecule has 4 saturated carbocycles. The molecule has 4 nitrogen and oxygen atoms in total. The van der Waals surface area contributed by atoms with E-state index >= 15 is 0 Å². The van der Waals surface area contributed by atoms with Crippen LogP contribution >= 0.6 is 0 Å². The molecule has 4 aliphatic rings. The van der Waals surface area contributed by atoms with Crippen molar-refractivity contribution in [2.24, 2.45) is 63.5 Å². The average molecular weight is 392 g/mol. The van der Waals surface area contributed by atoms with Crippen LogP contribution in [-0.2, 0) is 0 Å². The molecule has 4 fully saturated rings. The van der Waals surface area contributed by atoms with Crippen molar-refractivity contribution in [1.82, 2.24) is 0 Å². The summed E-state index contributed by atoms with van der Waals surface area (Å²) in [5.41, 5.74) is 21.0. The smallest absolute Gasteiger partial charge is 0.0431 e. The molecule has 3 unspecified atom stereocenters.